The van der Waals surface area contributed by atoms with Gasteiger partial charge in [-0.05, 0) is 25.2 Å². The molecule has 9 nitrogen and oxygen atoms in total. The Balaban J connectivity index is 1.36. The minimum atomic E-state index is -0.719. The molecule has 0 aliphatic carbocycles. The number of hydrogen-bond acceptors (Lipinski definition) is 7. The number of carbonyl (C=O) groups excluding carboxylic acids is 2. The smallest absolute Gasteiger partial charge is 0.414 e. The molecular formula is C22H27F2N5O4. The molecular weight excluding hydrogens is 436 g/mol. The van der Waals surface area contributed by atoms with Crippen LogP contribution >= 0.6 is 0 Å². The van der Waals surface area contributed by atoms with Crippen molar-refractivity contribution in [2.75, 3.05) is 36.0 Å². The van der Waals surface area contributed by atoms with Crippen molar-refractivity contribution in [1.82, 2.24) is 15.5 Å². The zero-order valence-corrected chi connectivity index (χ0v) is 18.6. The average molecular weight is 463 g/mol. The van der Waals surface area contributed by atoms with E-state index >= 15 is 0 Å². The first-order chi connectivity index (χ1) is 15.8. The molecule has 2 saturated heterocycles. The van der Waals surface area contributed by atoms with E-state index in [1.54, 1.807) is 11.8 Å². The quantitative estimate of drug-likeness (QED) is 0.674. The number of carbonyl (C=O) groups is 2. The van der Waals surface area contributed by atoms with Gasteiger partial charge in [0.15, 0.2) is 17.5 Å². The van der Waals surface area contributed by atoms with Crippen LogP contribution in [-0.4, -0.2) is 54.4 Å². The molecule has 1 N–H and O–H groups in total. The van der Waals surface area contributed by atoms with E-state index in [0.717, 1.165) is 31.4 Å². The van der Waals surface area contributed by atoms with E-state index in [1.165, 1.54) is 11.8 Å². The number of halogens is 2. The lowest BCUT2D eigenvalue weighted by Crippen LogP contribution is -2.35. The normalized spacial score (nSPS) is 19.2. The van der Waals surface area contributed by atoms with Crippen molar-refractivity contribution in [2.24, 2.45) is 5.92 Å². The number of hydrogen-bond donors (Lipinski definition) is 1. The number of anilines is 2. The van der Waals surface area contributed by atoms with Gasteiger partial charge in [0.05, 0.1) is 18.8 Å². The van der Waals surface area contributed by atoms with Crippen molar-refractivity contribution < 1.29 is 27.6 Å². The number of nitrogens with zero attached hydrogens (tertiary/aromatic N) is 4. The van der Waals surface area contributed by atoms with Crippen LogP contribution in [0.3, 0.4) is 0 Å². The molecule has 2 aliphatic heterocycles. The van der Waals surface area contributed by atoms with Crippen LogP contribution in [-0.2, 0) is 16.0 Å². The third-order valence-electron chi connectivity index (χ3n) is 6.04. The van der Waals surface area contributed by atoms with E-state index in [9.17, 15) is 18.4 Å². The topological polar surface area (TPSA) is 101 Å². The Morgan fingerprint density at radius 2 is 1.94 bits per heavy atom. The van der Waals surface area contributed by atoms with Gasteiger partial charge in [0.25, 0.3) is 0 Å². The molecule has 2 aliphatic rings. The molecule has 4 rings (SSSR count). The summed E-state index contributed by atoms with van der Waals surface area (Å²) in [6, 6.07) is 2.32. The Bertz CT molecular complexity index is 999. The maximum atomic E-state index is 15.0. The van der Waals surface area contributed by atoms with Crippen LogP contribution in [0.5, 0.6) is 0 Å². The number of aromatic nitrogens is 2. The minimum absolute atomic E-state index is 0.0756. The van der Waals surface area contributed by atoms with Gasteiger partial charge < -0.3 is 19.5 Å². The van der Waals surface area contributed by atoms with Crippen molar-refractivity contribution in [3.05, 3.63) is 35.5 Å². The van der Waals surface area contributed by atoms with Gasteiger partial charge in [-0.3, -0.25) is 9.69 Å². The summed E-state index contributed by atoms with van der Waals surface area (Å²) >= 11 is 0. The summed E-state index contributed by atoms with van der Waals surface area (Å²) < 4.78 is 40.1. The predicted octanol–water partition coefficient (Wildman–Crippen LogP) is 2.97. The molecule has 0 bridgehead atoms. The minimum Gasteiger partial charge on any atom is -0.442 e. The first kappa shape index (κ1) is 22.9. The standard InChI is InChI=1S/C22H27F2N5O4/c1-13(30)25-11-17-12-29(22(31)32-17)16-9-18(23)21(19(24)10-16)28-7-5-15(6-8-28)3-4-20-26-14(2)33-27-20/h9-10,15,17H,3-8,11-12H2,1-2H3,(H,25,30). The monoisotopic (exact) mass is 463 g/mol. The largest absolute Gasteiger partial charge is 0.442 e. The Kier molecular flexibility index (Phi) is 6.75. The van der Waals surface area contributed by atoms with Crippen LogP contribution < -0.4 is 15.1 Å². The van der Waals surface area contributed by atoms with Crippen molar-refractivity contribution in [2.45, 2.75) is 45.6 Å². The second-order valence-electron chi connectivity index (χ2n) is 8.51. The first-order valence-corrected chi connectivity index (χ1v) is 11.1. The van der Waals surface area contributed by atoms with Crippen molar-refractivity contribution in [3.8, 4) is 0 Å². The summed E-state index contributed by atoms with van der Waals surface area (Å²) in [4.78, 5) is 30.3. The lowest BCUT2D eigenvalue weighted by atomic mass is 9.91. The van der Waals surface area contributed by atoms with Crippen molar-refractivity contribution in [3.63, 3.8) is 0 Å². The average Bonchev–Trinajstić information content (AvgIpc) is 3.36. The summed E-state index contributed by atoms with van der Waals surface area (Å²) in [5, 5.41) is 6.47. The molecule has 1 aromatic carbocycles. The van der Waals surface area contributed by atoms with Gasteiger partial charge in [0.2, 0.25) is 11.8 Å². The molecule has 2 aromatic rings. The maximum absolute atomic E-state index is 15.0. The molecule has 178 valence electrons. The first-order valence-electron chi connectivity index (χ1n) is 11.1. The Labute approximate surface area is 190 Å². The van der Waals surface area contributed by atoms with Gasteiger partial charge in [-0.2, -0.15) is 4.98 Å². The highest BCUT2D eigenvalue weighted by Crippen LogP contribution is 2.33. The highest BCUT2D eigenvalue weighted by Gasteiger charge is 2.34. The molecule has 33 heavy (non-hydrogen) atoms. The zero-order chi connectivity index (χ0) is 23.5. The summed E-state index contributed by atoms with van der Waals surface area (Å²) in [6.07, 6.45) is 1.94. The number of rotatable bonds is 7. The van der Waals surface area contributed by atoms with Crippen molar-refractivity contribution >= 4 is 23.4 Å². The number of piperidine rings is 1. The predicted molar refractivity (Wildman–Crippen MR) is 115 cm³/mol. The molecule has 1 atom stereocenters. The van der Waals surface area contributed by atoms with Gasteiger partial charge >= 0.3 is 6.09 Å². The summed E-state index contributed by atoms with van der Waals surface area (Å²) in [7, 11) is 0. The third kappa shape index (κ3) is 5.40. The molecule has 1 unspecified atom stereocenters. The third-order valence-corrected chi connectivity index (χ3v) is 6.04. The lowest BCUT2D eigenvalue weighted by molar-refractivity contribution is -0.119. The molecule has 2 fully saturated rings. The van der Waals surface area contributed by atoms with Crippen LogP contribution in [0, 0.1) is 24.5 Å². The maximum Gasteiger partial charge on any atom is 0.414 e. The van der Waals surface area contributed by atoms with Crippen LogP contribution in [0.15, 0.2) is 16.7 Å². The Morgan fingerprint density at radius 3 is 2.55 bits per heavy atom. The fourth-order valence-electron chi connectivity index (χ4n) is 4.33. The molecule has 0 saturated carbocycles. The van der Waals surface area contributed by atoms with E-state index in [0.29, 0.717) is 37.1 Å². The van der Waals surface area contributed by atoms with Crippen molar-refractivity contribution in [1.29, 1.82) is 0 Å². The number of aryl methyl sites for hydroxylation is 2. The SMILES string of the molecule is CC(=O)NCC1CN(c2cc(F)c(N3CCC(CCc4noc(C)n4)CC3)c(F)c2)C(=O)O1. The number of ether oxygens (including phenoxy) is 1. The summed E-state index contributed by atoms with van der Waals surface area (Å²) in [6.45, 7) is 4.42. The van der Waals surface area contributed by atoms with Gasteiger partial charge in [-0.25, -0.2) is 13.6 Å². The highest BCUT2D eigenvalue weighted by molar-refractivity contribution is 5.90. The number of cyclic esters (lactones) is 1. The zero-order valence-electron chi connectivity index (χ0n) is 18.6. The number of nitrogens with one attached hydrogen (secondary N) is 1. The lowest BCUT2D eigenvalue weighted by Gasteiger charge is -2.34. The van der Waals surface area contributed by atoms with Crippen LogP contribution in [0.1, 0.15) is 37.9 Å². The van der Waals surface area contributed by atoms with E-state index in [2.05, 4.69) is 15.5 Å². The van der Waals surface area contributed by atoms with E-state index < -0.39 is 23.8 Å². The molecule has 2 amide bonds. The second kappa shape index (κ2) is 9.72. The number of benzene rings is 1. The Morgan fingerprint density at radius 1 is 1.24 bits per heavy atom. The number of amides is 2. The summed E-state index contributed by atoms with van der Waals surface area (Å²) in [5.41, 5.74) is 0.0164. The molecule has 0 radical (unpaired) electrons. The van der Waals surface area contributed by atoms with Crippen LogP contribution in [0.25, 0.3) is 0 Å². The molecule has 3 heterocycles. The Hall–Kier alpha value is -3.24. The van der Waals surface area contributed by atoms with E-state index in [-0.39, 0.29) is 30.4 Å². The van der Waals surface area contributed by atoms with Gasteiger partial charge in [-0.15, -0.1) is 0 Å². The van der Waals surface area contributed by atoms with Gasteiger partial charge in [-0.1, -0.05) is 5.16 Å². The molecule has 0 spiro atoms. The van der Waals surface area contributed by atoms with Crippen LogP contribution in [0.4, 0.5) is 25.0 Å². The van der Waals surface area contributed by atoms with E-state index in [4.69, 9.17) is 9.26 Å². The highest BCUT2D eigenvalue weighted by atomic mass is 19.1. The fourth-order valence-corrected chi connectivity index (χ4v) is 4.33. The van der Waals surface area contributed by atoms with E-state index in [1.807, 2.05) is 0 Å². The summed E-state index contributed by atoms with van der Waals surface area (Å²) in [5.74, 6) is -0.0420. The van der Waals surface area contributed by atoms with Gasteiger partial charge in [0, 0.05) is 45.5 Å². The molecule has 1 aromatic heterocycles. The molecule has 11 heteroatoms. The fraction of sp³-hybridized carbons (Fsp3) is 0.545. The second-order valence-corrected chi connectivity index (χ2v) is 8.51. The van der Waals surface area contributed by atoms with Crippen LogP contribution in [0.2, 0.25) is 0 Å². The van der Waals surface area contributed by atoms with Gasteiger partial charge in [0.1, 0.15) is 11.8 Å².